The first-order chi connectivity index (χ1) is 11.5. The molecule has 24 heavy (non-hydrogen) atoms. The van der Waals surface area contributed by atoms with Crippen LogP contribution in [0.25, 0.3) is 10.9 Å². The van der Waals surface area contributed by atoms with E-state index in [1.54, 1.807) is 30.3 Å². The molecule has 0 spiro atoms. The number of hydrogen-bond acceptors (Lipinski definition) is 4. The van der Waals surface area contributed by atoms with Gasteiger partial charge in [0.2, 0.25) is 0 Å². The Bertz CT molecular complexity index is 1040. The maximum Gasteiger partial charge on any atom is 0.262 e. The van der Waals surface area contributed by atoms with Crippen molar-refractivity contribution in [1.29, 1.82) is 5.26 Å². The van der Waals surface area contributed by atoms with Crippen LogP contribution in [0, 0.1) is 17.1 Å². The van der Waals surface area contributed by atoms with Crippen LogP contribution in [0.4, 0.5) is 10.1 Å². The Balaban J connectivity index is 2.00. The highest BCUT2D eigenvalue weighted by Gasteiger charge is 2.19. The predicted molar refractivity (Wildman–Crippen MR) is 88.3 cm³/mol. The molecule has 2 aromatic carbocycles. The molecule has 0 unspecified atom stereocenters. The molecule has 0 bridgehead atoms. The minimum atomic E-state index is -3.90. The van der Waals surface area contributed by atoms with E-state index in [0.717, 1.165) is 11.6 Å². The highest BCUT2D eigenvalue weighted by atomic mass is 32.2. The van der Waals surface area contributed by atoms with Crippen LogP contribution in [0.1, 0.15) is 5.56 Å². The van der Waals surface area contributed by atoms with E-state index in [0.29, 0.717) is 5.69 Å². The van der Waals surface area contributed by atoms with Crippen LogP contribution < -0.4 is 4.72 Å². The lowest BCUT2D eigenvalue weighted by Gasteiger charge is -2.11. The van der Waals surface area contributed by atoms with Gasteiger partial charge in [0.25, 0.3) is 10.0 Å². The molecule has 0 saturated carbocycles. The van der Waals surface area contributed by atoms with Gasteiger partial charge in [0.15, 0.2) is 0 Å². The molecular formula is C17H12FN3O2S. The number of rotatable bonds is 4. The first-order valence-corrected chi connectivity index (χ1v) is 8.51. The Kier molecular flexibility index (Phi) is 4.15. The van der Waals surface area contributed by atoms with E-state index in [1.807, 2.05) is 6.07 Å². The summed E-state index contributed by atoms with van der Waals surface area (Å²) in [6.45, 7) is 0. The van der Waals surface area contributed by atoms with Crippen LogP contribution in [-0.4, -0.2) is 13.4 Å². The minimum absolute atomic E-state index is 0.00439. The molecule has 0 radical (unpaired) electrons. The SMILES string of the molecule is N#CCc1ccc(NS(=O)(=O)c2ccc(F)c3ncccc23)cc1. The van der Waals surface area contributed by atoms with Crippen molar-refractivity contribution in [2.24, 2.45) is 0 Å². The van der Waals surface area contributed by atoms with E-state index in [4.69, 9.17) is 5.26 Å². The monoisotopic (exact) mass is 341 g/mol. The van der Waals surface area contributed by atoms with Gasteiger partial charge in [0, 0.05) is 17.3 Å². The van der Waals surface area contributed by atoms with Crippen molar-refractivity contribution in [3.63, 3.8) is 0 Å². The van der Waals surface area contributed by atoms with Gasteiger partial charge in [-0.15, -0.1) is 0 Å². The fourth-order valence-corrected chi connectivity index (χ4v) is 3.60. The van der Waals surface area contributed by atoms with Gasteiger partial charge in [-0.05, 0) is 42.0 Å². The molecule has 0 fully saturated rings. The highest BCUT2D eigenvalue weighted by Crippen LogP contribution is 2.25. The number of benzene rings is 2. The van der Waals surface area contributed by atoms with Crippen molar-refractivity contribution in [3.05, 3.63) is 66.1 Å². The molecule has 0 aliphatic heterocycles. The first-order valence-electron chi connectivity index (χ1n) is 7.03. The van der Waals surface area contributed by atoms with E-state index >= 15 is 0 Å². The van der Waals surface area contributed by atoms with Crippen molar-refractivity contribution in [1.82, 2.24) is 4.98 Å². The number of pyridine rings is 1. The molecular weight excluding hydrogens is 329 g/mol. The van der Waals surface area contributed by atoms with Gasteiger partial charge in [-0.3, -0.25) is 9.71 Å². The third kappa shape index (κ3) is 3.05. The second kappa shape index (κ2) is 6.26. The predicted octanol–water partition coefficient (Wildman–Crippen LogP) is 3.24. The van der Waals surface area contributed by atoms with Crippen LogP contribution in [0.5, 0.6) is 0 Å². The summed E-state index contributed by atoms with van der Waals surface area (Å²) in [4.78, 5) is 3.85. The maximum atomic E-state index is 13.8. The third-order valence-electron chi connectivity index (χ3n) is 3.46. The molecule has 0 aliphatic carbocycles. The molecule has 0 saturated heterocycles. The lowest BCUT2D eigenvalue weighted by molar-refractivity contribution is 0.601. The molecule has 7 heteroatoms. The summed E-state index contributed by atoms with van der Waals surface area (Å²) in [5, 5.41) is 8.86. The molecule has 1 heterocycles. The van der Waals surface area contributed by atoms with Gasteiger partial charge < -0.3 is 0 Å². The highest BCUT2D eigenvalue weighted by molar-refractivity contribution is 7.93. The van der Waals surface area contributed by atoms with Gasteiger partial charge in [-0.25, -0.2) is 12.8 Å². The summed E-state index contributed by atoms with van der Waals surface area (Å²) in [6, 6.07) is 13.9. The summed E-state index contributed by atoms with van der Waals surface area (Å²) >= 11 is 0. The quantitative estimate of drug-likeness (QED) is 0.790. The number of nitrogens with zero attached hydrogens (tertiary/aromatic N) is 2. The number of halogens is 1. The van der Waals surface area contributed by atoms with Crippen LogP contribution in [0.15, 0.2) is 59.6 Å². The molecule has 5 nitrogen and oxygen atoms in total. The van der Waals surface area contributed by atoms with Gasteiger partial charge in [-0.2, -0.15) is 5.26 Å². The number of hydrogen-bond donors (Lipinski definition) is 1. The number of fused-ring (bicyclic) bond motifs is 1. The van der Waals surface area contributed by atoms with Crippen LogP contribution >= 0.6 is 0 Å². The van der Waals surface area contributed by atoms with Crippen molar-refractivity contribution >= 4 is 26.6 Å². The fourth-order valence-electron chi connectivity index (χ4n) is 2.34. The largest absolute Gasteiger partial charge is 0.280 e. The Morgan fingerprint density at radius 2 is 1.88 bits per heavy atom. The average Bonchev–Trinajstić information content (AvgIpc) is 2.57. The van der Waals surface area contributed by atoms with Crippen LogP contribution in [0.2, 0.25) is 0 Å². The molecule has 120 valence electrons. The number of anilines is 1. The molecule has 0 aliphatic rings. The second-order valence-corrected chi connectivity index (χ2v) is 6.73. The summed E-state index contributed by atoms with van der Waals surface area (Å²) in [6.07, 6.45) is 1.66. The van der Waals surface area contributed by atoms with Gasteiger partial charge >= 0.3 is 0 Å². The Morgan fingerprint density at radius 3 is 2.58 bits per heavy atom. The molecule has 0 atom stereocenters. The number of sulfonamides is 1. The molecule has 1 aromatic heterocycles. The second-order valence-electron chi connectivity index (χ2n) is 5.08. The standard InChI is InChI=1S/C17H12FN3O2S/c18-15-7-8-16(14-2-1-11-20-17(14)15)24(22,23)21-13-5-3-12(4-6-13)9-10-19/h1-8,11,21H,9H2. The molecule has 3 rings (SSSR count). The molecule has 3 aromatic rings. The van der Waals surface area contributed by atoms with Crippen LogP contribution in [0.3, 0.4) is 0 Å². The number of nitrogens with one attached hydrogen (secondary N) is 1. The zero-order valence-electron chi connectivity index (χ0n) is 12.4. The fraction of sp³-hybridized carbons (Fsp3) is 0.0588. The summed E-state index contributed by atoms with van der Waals surface area (Å²) < 4.78 is 41.5. The molecule has 0 amide bonds. The van der Waals surface area contributed by atoms with E-state index < -0.39 is 15.8 Å². The Morgan fingerprint density at radius 1 is 1.12 bits per heavy atom. The van der Waals surface area contributed by atoms with Crippen molar-refractivity contribution in [2.75, 3.05) is 4.72 Å². The van der Waals surface area contributed by atoms with E-state index in [9.17, 15) is 12.8 Å². The molecule has 1 N–H and O–H groups in total. The lowest BCUT2D eigenvalue weighted by Crippen LogP contribution is -2.13. The van der Waals surface area contributed by atoms with Crippen molar-refractivity contribution < 1.29 is 12.8 Å². The van der Waals surface area contributed by atoms with Gasteiger partial charge in [0.05, 0.1) is 17.4 Å². The summed E-state index contributed by atoms with van der Waals surface area (Å²) in [5.41, 5.74) is 1.15. The summed E-state index contributed by atoms with van der Waals surface area (Å²) in [7, 11) is -3.90. The number of aromatic nitrogens is 1. The van der Waals surface area contributed by atoms with Crippen molar-refractivity contribution in [2.45, 2.75) is 11.3 Å². The Hall–Kier alpha value is -2.98. The minimum Gasteiger partial charge on any atom is -0.280 e. The Labute approximate surface area is 138 Å². The van der Waals surface area contributed by atoms with Gasteiger partial charge in [-0.1, -0.05) is 12.1 Å². The average molecular weight is 341 g/mol. The first kappa shape index (κ1) is 15.9. The van der Waals surface area contributed by atoms with E-state index in [1.165, 1.54) is 18.3 Å². The maximum absolute atomic E-state index is 13.8. The van der Waals surface area contributed by atoms with E-state index in [-0.39, 0.29) is 22.2 Å². The topological polar surface area (TPSA) is 82.9 Å². The van der Waals surface area contributed by atoms with E-state index in [2.05, 4.69) is 9.71 Å². The van der Waals surface area contributed by atoms with Crippen LogP contribution in [-0.2, 0) is 16.4 Å². The normalized spacial score (nSPS) is 11.2. The zero-order chi connectivity index (χ0) is 17.2. The summed E-state index contributed by atoms with van der Waals surface area (Å²) in [5.74, 6) is -0.578. The zero-order valence-corrected chi connectivity index (χ0v) is 13.2. The smallest absolute Gasteiger partial charge is 0.262 e. The van der Waals surface area contributed by atoms with Gasteiger partial charge in [0.1, 0.15) is 11.3 Å². The third-order valence-corrected chi connectivity index (χ3v) is 4.90. The lowest BCUT2D eigenvalue weighted by atomic mass is 10.1. The van der Waals surface area contributed by atoms with Crippen molar-refractivity contribution in [3.8, 4) is 6.07 Å². The number of nitriles is 1.